The van der Waals surface area contributed by atoms with E-state index in [-0.39, 0.29) is 0 Å². The molecule has 4 heteroatoms. The van der Waals surface area contributed by atoms with Gasteiger partial charge in [0, 0.05) is 18.8 Å². The third-order valence-corrected chi connectivity index (χ3v) is 4.81. The van der Waals surface area contributed by atoms with Gasteiger partial charge in [-0.25, -0.2) is 0 Å². The molecule has 0 aromatic rings. The molecule has 1 aliphatic carbocycles. The Bertz CT molecular complexity index is 119. The summed E-state index contributed by atoms with van der Waals surface area (Å²) in [5.41, 5.74) is 0.336. The summed E-state index contributed by atoms with van der Waals surface area (Å²) >= 11 is 0. The number of hydrogen-bond donors (Lipinski definition) is 1. The van der Waals surface area contributed by atoms with Crippen LogP contribution in [0.5, 0.6) is 0 Å². The zero-order valence-electron chi connectivity index (χ0n) is 7.17. The quantitative estimate of drug-likeness (QED) is 0.639. The van der Waals surface area contributed by atoms with E-state index in [0.717, 1.165) is 12.8 Å². The highest BCUT2D eigenvalue weighted by Gasteiger charge is 2.52. The molecule has 1 saturated carbocycles. The number of rotatable bonds is 5. The Morgan fingerprint density at radius 2 is 1.73 bits per heavy atom. The van der Waals surface area contributed by atoms with E-state index in [2.05, 4.69) is 0 Å². The first-order valence-corrected chi connectivity index (χ1v) is 6.07. The van der Waals surface area contributed by atoms with Crippen molar-refractivity contribution in [2.75, 3.05) is 13.2 Å². The molecule has 0 heterocycles. The molecule has 0 aromatic heterocycles. The van der Waals surface area contributed by atoms with Crippen LogP contribution in [-0.2, 0) is 8.85 Å². The van der Waals surface area contributed by atoms with Gasteiger partial charge in [0.2, 0.25) is 0 Å². The second-order valence-electron chi connectivity index (χ2n) is 2.77. The normalized spacial score (nSPS) is 18.8. The van der Waals surface area contributed by atoms with E-state index in [1.807, 2.05) is 13.8 Å². The van der Waals surface area contributed by atoms with Crippen LogP contribution >= 0.6 is 0 Å². The maximum atomic E-state index is 9.85. The third-order valence-electron chi connectivity index (χ3n) is 1.80. The minimum absolute atomic E-state index is 0.336. The van der Waals surface area contributed by atoms with Gasteiger partial charge in [-0.15, -0.1) is 0 Å². The molecule has 1 N–H and O–H groups in total. The average molecular weight is 176 g/mol. The van der Waals surface area contributed by atoms with Crippen LogP contribution in [0.25, 0.3) is 0 Å². The molecule has 66 valence electrons. The van der Waals surface area contributed by atoms with E-state index in [1.165, 1.54) is 0 Å². The average Bonchev–Trinajstić information content (AvgIpc) is 2.68. The van der Waals surface area contributed by atoms with E-state index in [9.17, 15) is 4.80 Å². The monoisotopic (exact) mass is 176 g/mol. The lowest BCUT2D eigenvalue weighted by Gasteiger charge is -2.22. The summed E-state index contributed by atoms with van der Waals surface area (Å²) in [7, 11) is -2.72. The summed E-state index contributed by atoms with van der Waals surface area (Å²) in [6, 6.07) is 0. The molecule has 0 amide bonds. The maximum Gasteiger partial charge on any atom is 0.501 e. The zero-order valence-corrected chi connectivity index (χ0v) is 8.17. The first-order valence-electron chi connectivity index (χ1n) is 4.23. The third kappa shape index (κ3) is 2.26. The lowest BCUT2D eigenvalue weighted by atomic mass is 10.9. The Morgan fingerprint density at radius 1 is 1.27 bits per heavy atom. The maximum absolute atomic E-state index is 9.85. The molecule has 0 spiro atoms. The van der Waals surface area contributed by atoms with Gasteiger partial charge in [0.05, 0.1) is 0 Å². The van der Waals surface area contributed by atoms with Crippen LogP contribution in [0, 0.1) is 0 Å². The van der Waals surface area contributed by atoms with Crippen molar-refractivity contribution in [3.63, 3.8) is 0 Å². The van der Waals surface area contributed by atoms with Crippen molar-refractivity contribution in [2.24, 2.45) is 0 Å². The van der Waals surface area contributed by atoms with Crippen LogP contribution in [0.3, 0.4) is 0 Å². The molecule has 11 heavy (non-hydrogen) atoms. The van der Waals surface area contributed by atoms with E-state index in [4.69, 9.17) is 8.85 Å². The van der Waals surface area contributed by atoms with Crippen LogP contribution in [0.2, 0.25) is 5.54 Å². The Kier molecular flexibility index (Phi) is 3.06. The van der Waals surface area contributed by atoms with E-state index in [1.54, 1.807) is 0 Å². The van der Waals surface area contributed by atoms with E-state index >= 15 is 0 Å². The minimum Gasteiger partial charge on any atom is -0.390 e. The zero-order chi connectivity index (χ0) is 8.32. The molecular weight excluding hydrogens is 160 g/mol. The molecule has 0 bridgehead atoms. The summed E-state index contributed by atoms with van der Waals surface area (Å²) in [4.78, 5) is 9.85. The lowest BCUT2D eigenvalue weighted by molar-refractivity contribution is 0.106. The Hall–Kier alpha value is 0.0969. The van der Waals surface area contributed by atoms with Gasteiger partial charge in [-0.1, -0.05) is 0 Å². The molecule has 1 aliphatic rings. The van der Waals surface area contributed by atoms with Crippen LogP contribution < -0.4 is 0 Å². The van der Waals surface area contributed by atoms with Crippen molar-refractivity contribution >= 4 is 8.80 Å². The molecule has 0 aliphatic heterocycles. The van der Waals surface area contributed by atoms with Crippen LogP contribution in [0.15, 0.2) is 0 Å². The fourth-order valence-corrected chi connectivity index (χ4v) is 3.42. The predicted molar refractivity (Wildman–Crippen MR) is 44.2 cm³/mol. The van der Waals surface area contributed by atoms with Crippen molar-refractivity contribution in [3.8, 4) is 0 Å². The first-order chi connectivity index (χ1) is 5.23. The van der Waals surface area contributed by atoms with Gasteiger partial charge in [-0.3, -0.25) is 0 Å². The highest BCUT2D eigenvalue weighted by Crippen LogP contribution is 2.44. The van der Waals surface area contributed by atoms with Gasteiger partial charge in [0.1, 0.15) is 0 Å². The van der Waals surface area contributed by atoms with Crippen LogP contribution in [-0.4, -0.2) is 26.8 Å². The molecule has 0 radical (unpaired) electrons. The molecule has 0 atom stereocenters. The second-order valence-corrected chi connectivity index (χ2v) is 5.43. The topological polar surface area (TPSA) is 38.7 Å². The molecular formula is C7H16O3Si. The summed E-state index contributed by atoms with van der Waals surface area (Å²) in [6.45, 7) is 4.89. The van der Waals surface area contributed by atoms with Crippen molar-refractivity contribution < 1.29 is 13.6 Å². The summed E-state index contributed by atoms with van der Waals surface area (Å²) < 4.78 is 10.5. The molecule has 0 aromatic carbocycles. The summed E-state index contributed by atoms with van der Waals surface area (Å²) in [5, 5.41) is 0. The Balaban J connectivity index is 2.39. The Morgan fingerprint density at radius 3 is 2.00 bits per heavy atom. The fraction of sp³-hybridized carbons (Fsp3) is 1.00. The Labute approximate surface area is 68.7 Å². The van der Waals surface area contributed by atoms with Crippen molar-refractivity contribution in [3.05, 3.63) is 0 Å². The molecule has 1 rings (SSSR count). The van der Waals surface area contributed by atoms with Gasteiger partial charge in [0.15, 0.2) is 0 Å². The van der Waals surface area contributed by atoms with Gasteiger partial charge >= 0.3 is 8.80 Å². The summed E-state index contributed by atoms with van der Waals surface area (Å²) in [5.74, 6) is 0. The first kappa shape index (κ1) is 9.19. The van der Waals surface area contributed by atoms with Gasteiger partial charge in [-0.2, -0.15) is 0 Å². The highest BCUT2D eigenvalue weighted by molar-refractivity contribution is 6.61. The van der Waals surface area contributed by atoms with E-state index in [0.29, 0.717) is 18.8 Å². The van der Waals surface area contributed by atoms with Gasteiger partial charge < -0.3 is 13.6 Å². The van der Waals surface area contributed by atoms with Crippen molar-refractivity contribution in [1.29, 1.82) is 0 Å². The minimum atomic E-state index is -2.72. The second kappa shape index (κ2) is 3.67. The lowest BCUT2D eigenvalue weighted by Crippen LogP contribution is -2.43. The SMILES string of the molecule is CCO[Si](O)(OCC)C1CC1. The van der Waals surface area contributed by atoms with Crippen molar-refractivity contribution in [2.45, 2.75) is 32.2 Å². The predicted octanol–water partition coefficient (Wildman–Crippen LogP) is 1.15. The van der Waals surface area contributed by atoms with Gasteiger partial charge in [0.25, 0.3) is 0 Å². The molecule has 0 unspecified atom stereocenters. The smallest absolute Gasteiger partial charge is 0.390 e. The molecule has 1 fully saturated rings. The molecule has 0 saturated heterocycles. The van der Waals surface area contributed by atoms with E-state index < -0.39 is 8.80 Å². The van der Waals surface area contributed by atoms with Gasteiger partial charge in [-0.05, 0) is 26.7 Å². The van der Waals surface area contributed by atoms with Crippen LogP contribution in [0.1, 0.15) is 26.7 Å². The summed E-state index contributed by atoms with van der Waals surface area (Å²) in [6.07, 6.45) is 2.14. The largest absolute Gasteiger partial charge is 0.501 e. The molecule has 3 nitrogen and oxygen atoms in total. The van der Waals surface area contributed by atoms with Crippen molar-refractivity contribution in [1.82, 2.24) is 0 Å². The van der Waals surface area contributed by atoms with Crippen LogP contribution in [0.4, 0.5) is 0 Å². The number of hydrogen-bond acceptors (Lipinski definition) is 3. The standard InChI is InChI=1S/C7H16O3Si/c1-3-9-11(8,10-4-2)7-5-6-7/h7-8H,3-6H2,1-2H3. The fourth-order valence-electron chi connectivity index (χ4n) is 1.14. The highest BCUT2D eigenvalue weighted by atomic mass is 28.4.